The van der Waals surface area contributed by atoms with Crippen LogP contribution in [0.4, 0.5) is 0 Å². The molecule has 0 aromatic heterocycles. The average Bonchev–Trinajstić information content (AvgIpc) is 2.34. The van der Waals surface area contributed by atoms with E-state index in [4.69, 9.17) is 0 Å². The topological polar surface area (TPSA) is 43.7 Å². The van der Waals surface area contributed by atoms with Crippen LogP contribution in [0.15, 0.2) is 0 Å². The van der Waals surface area contributed by atoms with E-state index in [1.54, 1.807) is 0 Å². The third-order valence-electron chi connectivity index (χ3n) is 4.72. The van der Waals surface area contributed by atoms with E-state index in [1.165, 1.54) is 25.7 Å². The molecular formula is C15H29NO2. The summed E-state index contributed by atoms with van der Waals surface area (Å²) in [6, 6.07) is 0. The lowest BCUT2D eigenvalue weighted by atomic mass is 9.77. The molecule has 18 heavy (non-hydrogen) atoms. The highest BCUT2D eigenvalue weighted by atomic mass is 16.3. The molecule has 1 saturated carbocycles. The normalized spacial score (nSPS) is 38.8. The first-order valence-corrected chi connectivity index (χ1v) is 7.77. The highest BCUT2D eigenvalue weighted by molar-refractivity contribution is 4.83. The first kappa shape index (κ1) is 14.3. The van der Waals surface area contributed by atoms with Gasteiger partial charge in [0.25, 0.3) is 0 Å². The smallest absolute Gasteiger partial charge is 0.0667 e. The monoisotopic (exact) mass is 255 g/mol. The van der Waals surface area contributed by atoms with Crippen molar-refractivity contribution in [3.05, 3.63) is 0 Å². The van der Waals surface area contributed by atoms with E-state index in [2.05, 4.69) is 11.8 Å². The molecule has 0 amide bonds. The molecule has 0 aromatic carbocycles. The molecule has 1 heterocycles. The van der Waals surface area contributed by atoms with Crippen molar-refractivity contribution in [2.45, 2.75) is 64.1 Å². The Bertz CT molecular complexity index is 247. The van der Waals surface area contributed by atoms with Crippen molar-refractivity contribution >= 4 is 0 Å². The molecule has 2 fully saturated rings. The van der Waals surface area contributed by atoms with Gasteiger partial charge < -0.3 is 15.1 Å². The molecule has 0 spiro atoms. The van der Waals surface area contributed by atoms with Gasteiger partial charge >= 0.3 is 0 Å². The quantitative estimate of drug-likeness (QED) is 0.808. The van der Waals surface area contributed by atoms with E-state index in [9.17, 15) is 10.2 Å². The summed E-state index contributed by atoms with van der Waals surface area (Å²) in [7, 11) is 0. The first-order chi connectivity index (χ1) is 8.69. The minimum absolute atomic E-state index is 0.114. The number of hydrogen-bond donors (Lipinski definition) is 2. The van der Waals surface area contributed by atoms with Crippen LogP contribution in [0.2, 0.25) is 0 Å². The van der Waals surface area contributed by atoms with Crippen molar-refractivity contribution < 1.29 is 10.2 Å². The molecule has 4 atom stereocenters. The summed E-state index contributed by atoms with van der Waals surface area (Å²) < 4.78 is 0. The molecule has 2 aliphatic rings. The van der Waals surface area contributed by atoms with Gasteiger partial charge in [-0.05, 0) is 50.5 Å². The van der Waals surface area contributed by atoms with E-state index in [0.717, 1.165) is 44.8 Å². The van der Waals surface area contributed by atoms with Crippen LogP contribution in [0, 0.1) is 11.8 Å². The lowest BCUT2D eigenvalue weighted by Gasteiger charge is -2.38. The van der Waals surface area contributed by atoms with Crippen LogP contribution in [0.5, 0.6) is 0 Å². The van der Waals surface area contributed by atoms with E-state index >= 15 is 0 Å². The molecule has 106 valence electrons. The van der Waals surface area contributed by atoms with Gasteiger partial charge in [-0.1, -0.05) is 19.8 Å². The highest BCUT2D eigenvalue weighted by Crippen LogP contribution is 2.33. The molecule has 4 unspecified atom stereocenters. The van der Waals surface area contributed by atoms with Crippen LogP contribution in [-0.4, -0.2) is 47.0 Å². The summed E-state index contributed by atoms with van der Waals surface area (Å²) >= 11 is 0. The molecule has 3 heteroatoms. The maximum absolute atomic E-state index is 10.2. The number of rotatable bonds is 4. The zero-order chi connectivity index (χ0) is 13.0. The minimum atomic E-state index is -0.147. The molecule has 1 aliphatic carbocycles. The maximum atomic E-state index is 10.2. The predicted octanol–water partition coefficient (Wildman–Crippen LogP) is 2.02. The number of piperidine rings is 1. The Labute approximate surface area is 111 Å². The SMILES string of the molecule is CCCC1CCC(O)C(CN2CCCC(O)C2)C1. The van der Waals surface area contributed by atoms with Gasteiger partial charge in [0.15, 0.2) is 0 Å². The fourth-order valence-electron chi connectivity index (χ4n) is 3.74. The summed E-state index contributed by atoms with van der Waals surface area (Å²) in [5.74, 6) is 1.25. The number of aliphatic hydroxyl groups is 2. The fourth-order valence-corrected chi connectivity index (χ4v) is 3.74. The maximum Gasteiger partial charge on any atom is 0.0667 e. The van der Waals surface area contributed by atoms with E-state index < -0.39 is 0 Å². The third kappa shape index (κ3) is 3.94. The summed E-state index contributed by atoms with van der Waals surface area (Å²) in [6.07, 6.45) is 7.72. The Hall–Kier alpha value is -0.120. The molecule has 0 radical (unpaired) electrons. The van der Waals surface area contributed by atoms with Gasteiger partial charge in [0.1, 0.15) is 0 Å². The molecule has 3 nitrogen and oxygen atoms in total. The summed E-state index contributed by atoms with van der Waals surface area (Å²) in [6.45, 7) is 5.14. The Balaban J connectivity index is 1.82. The Morgan fingerprint density at radius 2 is 2.00 bits per heavy atom. The van der Waals surface area contributed by atoms with Crippen molar-refractivity contribution in [3.8, 4) is 0 Å². The summed E-state index contributed by atoms with van der Waals surface area (Å²) in [5, 5.41) is 19.9. The minimum Gasteiger partial charge on any atom is -0.393 e. The van der Waals surface area contributed by atoms with Gasteiger partial charge in [-0.3, -0.25) is 0 Å². The second kappa shape index (κ2) is 6.88. The highest BCUT2D eigenvalue weighted by Gasteiger charge is 2.31. The third-order valence-corrected chi connectivity index (χ3v) is 4.72. The Kier molecular flexibility index (Phi) is 5.46. The Morgan fingerprint density at radius 3 is 2.72 bits per heavy atom. The van der Waals surface area contributed by atoms with Crippen molar-refractivity contribution in [3.63, 3.8) is 0 Å². The van der Waals surface area contributed by atoms with Crippen LogP contribution in [-0.2, 0) is 0 Å². The number of hydrogen-bond acceptors (Lipinski definition) is 3. The van der Waals surface area contributed by atoms with Gasteiger partial charge in [0, 0.05) is 13.1 Å². The zero-order valence-electron chi connectivity index (χ0n) is 11.7. The van der Waals surface area contributed by atoms with Crippen LogP contribution < -0.4 is 0 Å². The largest absolute Gasteiger partial charge is 0.393 e. The van der Waals surface area contributed by atoms with Crippen molar-refractivity contribution in [2.75, 3.05) is 19.6 Å². The average molecular weight is 255 g/mol. The van der Waals surface area contributed by atoms with Crippen molar-refractivity contribution in [1.29, 1.82) is 0 Å². The zero-order valence-corrected chi connectivity index (χ0v) is 11.7. The van der Waals surface area contributed by atoms with E-state index in [0.29, 0.717) is 5.92 Å². The standard InChI is InChI=1S/C15H29NO2/c1-2-4-12-6-7-15(18)13(9-12)10-16-8-3-5-14(17)11-16/h12-15,17-18H,2-11H2,1H3. The van der Waals surface area contributed by atoms with Gasteiger partial charge in [0.05, 0.1) is 12.2 Å². The van der Waals surface area contributed by atoms with Crippen LogP contribution >= 0.6 is 0 Å². The van der Waals surface area contributed by atoms with E-state index in [-0.39, 0.29) is 12.2 Å². The number of likely N-dealkylation sites (tertiary alicyclic amines) is 1. The van der Waals surface area contributed by atoms with Crippen LogP contribution in [0.3, 0.4) is 0 Å². The lowest BCUT2D eigenvalue weighted by molar-refractivity contribution is 0.00416. The predicted molar refractivity (Wildman–Crippen MR) is 73.4 cm³/mol. The molecular weight excluding hydrogens is 226 g/mol. The van der Waals surface area contributed by atoms with Gasteiger partial charge in [-0.15, -0.1) is 0 Å². The van der Waals surface area contributed by atoms with E-state index in [1.807, 2.05) is 0 Å². The second-order valence-corrected chi connectivity index (χ2v) is 6.35. The summed E-state index contributed by atoms with van der Waals surface area (Å²) in [5.41, 5.74) is 0. The lowest BCUT2D eigenvalue weighted by Crippen LogP contribution is -2.44. The van der Waals surface area contributed by atoms with Gasteiger partial charge in [-0.2, -0.15) is 0 Å². The Morgan fingerprint density at radius 1 is 1.17 bits per heavy atom. The van der Waals surface area contributed by atoms with Crippen molar-refractivity contribution in [1.82, 2.24) is 4.90 Å². The number of aliphatic hydroxyl groups excluding tert-OH is 2. The second-order valence-electron chi connectivity index (χ2n) is 6.35. The van der Waals surface area contributed by atoms with Gasteiger partial charge in [0.2, 0.25) is 0 Å². The molecule has 0 bridgehead atoms. The number of nitrogens with zero attached hydrogens (tertiary/aromatic N) is 1. The van der Waals surface area contributed by atoms with Crippen molar-refractivity contribution in [2.24, 2.45) is 11.8 Å². The van der Waals surface area contributed by atoms with Crippen LogP contribution in [0.1, 0.15) is 51.9 Å². The van der Waals surface area contributed by atoms with Crippen LogP contribution in [0.25, 0.3) is 0 Å². The van der Waals surface area contributed by atoms with Gasteiger partial charge in [-0.25, -0.2) is 0 Å². The first-order valence-electron chi connectivity index (χ1n) is 7.77. The molecule has 1 saturated heterocycles. The molecule has 0 aromatic rings. The molecule has 2 rings (SSSR count). The number of β-amino-alcohol motifs (C(OH)–C–C–N with tert-alkyl or cyclic N) is 1. The fraction of sp³-hybridized carbons (Fsp3) is 1.00. The molecule has 1 aliphatic heterocycles. The molecule has 2 N–H and O–H groups in total. The summed E-state index contributed by atoms with van der Waals surface area (Å²) in [4.78, 5) is 2.36.